The van der Waals surface area contributed by atoms with Crippen LogP contribution in [0.4, 0.5) is 0 Å². The van der Waals surface area contributed by atoms with Crippen LogP contribution in [-0.4, -0.2) is 140 Å². The van der Waals surface area contributed by atoms with E-state index in [-0.39, 0.29) is 18.9 Å². The molecule has 2 saturated heterocycles. The van der Waals surface area contributed by atoms with Crippen LogP contribution in [0.1, 0.15) is 200 Å². The van der Waals surface area contributed by atoms with Crippen LogP contribution in [0.2, 0.25) is 0 Å². The van der Waals surface area contributed by atoms with E-state index in [0.29, 0.717) is 12.8 Å². The van der Waals surface area contributed by atoms with E-state index in [1.165, 1.54) is 116 Å². The van der Waals surface area contributed by atoms with Gasteiger partial charge in [0.2, 0.25) is 5.91 Å². The first-order valence-corrected chi connectivity index (χ1v) is 27.4. The third-order valence-electron chi connectivity index (χ3n) is 13.2. The number of carbonyl (C=O) groups excluding carboxylic acids is 1. The second-order valence-electron chi connectivity index (χ2n) is 19.3. The SMILES string of the molecule is CCCCCC/C=C\C/C=C\CCCCCCCCCC(=O)NC(COC1OC(CO)C(OC2OC(CO)C(O)C(O)C2O)C(O)C1O)C(O)/C=C/CC/C=C/CCCCCCCCCCCCC. The maximum absolute atomic E-state index is 13.2. The van der Waals surface area contributed by atoms with E-state index in [4.69, 9.17) is 18.9 Å². The van der Waals surface area contributed by atoms with Gasteiger partial charge in [0.05, 0.1) is 32.0 Å². The van der Waals surface area contributed by atoms with Gasteiger partial charge < -0.3 is 65.1 Å². The van der Waals surface area contributed by atoms with Gasteiger partial charge in [-0.2, -0.15) is 0 Å². The summed E-state index contributed by atoms with van der Waals surface area (Å²) in [6.07, 6.45) is 32.8. The zero-order valence-corrected chi connectivity index (χ0v) is 42.8. The number of nitrogens with one attached hydrogen (secondary N) is 1. The highest BCUT2D eigenvalue weighted by molar-refractivity contribution is 5.76. The van der Waals surface area contributed by atoms with Gasteiger partial charge in [-0.05, 0) is 64.2 Å². The van der Waals surface area contributed by atoms with Crippen LogP contribution < -0.4 is 5.32 Å². The van der Waals surface area contributed by atoms with Crippen molar-refractivity contribution in [2.24, 2.45) is 0 Å². The molecule has 69 heavy (non-hydrogen) atoms. The van der Waals surface area contributed by atoms with Gasteiger partial charge in [-0.15, -0.1) is 0 Å². The summed E-state index contributed by atoms with van der Waals surface area (Å²) < 4.78 is 22.7. The predicted octanol–water partition coefficient (Wildman–Crippen LogP) is 8.05. The van der Waals surface area contributed by atoms with Gasteiger partial charge in [0.1, 0.15) is 48.8 Å². The van der Waals surface area contributed by atoms with Crippen LogP contribution in [0.25, 0.3) is 0 Å². The summed E-state index contributed by atoms with van der Waals surface area (Å²) in [5.41, 5.74) is 0. The molecule has 2 aliphatic heterocycles. The van der Waals surface area contributed by atoms with Gasteiger partial charge in [-0.3, -0.25) is 4.79 Å². The zero-order chi connectivity index (χ0) is 50.3. The van der Waals surface area contributed by atoms with Gasteiger partial charge in [0, 0.05) is 6.42 Å². The van der Waals surface area contributed by atoms with Crippen molar-refractivity contribution in [3.8, 4) is 0 Å². The summed E-state index contributed by atoms with van der Waals surface area (Å²) in [5, 5.41) is 86.9. The molecule has 2 fully saturated rings. The van der Waals surface area contributed by atoms with Crippen molar-refractivity contribution in [3.63, 3.8) is 0 Å². The normalized spacial score (nSPS) is 26.5. The maximum atomic E-state index is 13.2. The minimum absolute atomic E-state index is 0.258. The fraction of sp³-hybridized carbons (Fsp3) is 0.836. The molecule has 9 N–H and O–H groups in total. The summed E-state index contributed by atoms with van der Waals surface area (Å²) in [5.74, 6) is -0.258. The third kappa shape index (κ3) is 28.1. The van der Waals surface area contributed by atoms with Gasteiger partial charge in [-0.25, -0.2) is 0 Å². The second kappa shape index (κ2) is 41.4. The lowest BCUT2D eigenvalue weighted by atomic mass is 9.97. The first kappa shape index (κ1) is 63.1. The average Bonchev–Trinajstić information content (AvgIpc) is 3.35. The summed E-state index contributed by atoms with van der Waals surface area (Å²) >= 11 is 0. The second-order valence-corrected chi connectivity index (χ2v) is 19.3. The van der Waals surface area contributed by atoms with E-state index in [1.807, 2.05) is 6.08 Å². The molecule has 14 heteroatoms. The number of aliphatic hydroxyl groups is 8. The van der Waals surface area contributed by atoms with Crippen LogP contribution in [-0.2, 0) is 23.7 Å². The zero-order valence-electron chi connectivity index (χ0n) is 42.8. The Morgan fingerprint density at radius 2 is 0.971 bits per heavy atom. The highest BCUT2D eigenvalue weighted by Crippen LogP contribution is 2.30. The number of rotatable bonds is 42. The molecule has 2 aliphatic rings. The minimum atomic E-state index is -1.79. The van der Waals surface area contributed by atoms with E-state index in [2.05, 4.69) is 55.6 Å². The molecule has 0 spiro atoms. The van der Waals surface area contributed by atoms with Crippen LogP contribution in [0.3, 0.4) is 0 Å². The van der Waals surface area contributed by atoms with Crippen molar-refractivity contribution in [2.45, 2.75) is 274 Å². The standard InChI is InChI=1S/C55H99NO13/c1-3-5-7-9-11-13-15-17-19-21-23-25-27-29-31-33-35-37-39-47(60)56-43(44(59)38-36-34-32-30-28-26-24-22-20-18-16-14-12-10-8-6-4-2)42-66-54-52(65)50(63)53(46(41-58)68-54)69-55-51(64)49(62)48(61)45(40-57)67-55/h13,15,19,21,28,30,36,38,43-46,48-55,57-59,61-65H,3-12,14,16-18,20,22-27,29,31-35,37,39-42H2,1-2H3,(H,56,60)/b15-13-,21-19-,30-28+,38-36+. The largest absolute Gasteiger partial charge is 0.394 e. The molecule has 14 nitrogen and oxygen atoms in total. The van der Waals surface area contributed by atoms with E-state index in [9.17, 15) is 45.6 Å². The highest BCUT2D eigenvalue weighted by atomic mass is 16.7. The fourth-order valence-electron chi connectivity index (χ4n) is 8.75. The van der Waals surface area contributed by atoms with Crippen LogP contribution >= 0.6 is 0 Å². The summed E-state index contributed by atoms with van der Waals surface area (Å²) in [6.45, 7) is 2.75. The molecule has 402 valence electrons. The Kier molecular flexibility index (Phi) is 37.9. The van der Waals surface area contributed by atoms with Crippen LogP contribution in [0.5, 0.6) is 0 Å². The molecule has 12 atom stereocenters. The Balaban J connectivity index is 1.84. The van der Waals surface area contributed by atoms with Crippen molar-refractivity contribution in [3.05, 3.63) is 48.6 Å². The van der Waals surface area contributed by atoms with Gasteiger partial charge in [0.15, 0.2) is 12.6 Å². The topological polar surface area (TPSA) is 228 Å². The molecular weight excluding hydrogens is 883 g/mol. The molecule has 0 saturated carbocycles. The molecule has 0 bridgehead atoms. The van der Waals surface area contributed by atoms with Crippen molar-refractivity contribution in [2.75, 3.05) is 19.8 Å². The first-order chi connectivity index (χ1) is 33.6. The van der Waals surface area contributed by atoms with Crippen LogP contribution in [0.15, 0.2) is 48.6 Å². The first-order valence-electron chi connectivity index (χ1n) is 27.4. The molecule has 1 amide bonds. The molecule has 0 aliphatic carbocycles. The van der Waals surface area contributed by atoms with E-state index in [0.717, 1.165) is 51.4 Å². The molecule has 0 aromatic heterocycles. The number of aliphatic hydroxyl groups excluding tert-OH is 8. The Morgan fingerprint density at radius 1 is 0.522 bits per heavy atom. The molecule has 12 unspecified atom stereocenters. The number of amides is 1. The van der Waals surface area contributed by atoms with Gasteiger partial charge in [0.25, 0.3) is 0 Å². The van der Waals surface area contributed by atoms with E-state index >= 15 is 0 Å². The molecule has 0 radical (unpaired) electrons. The Morgan fingerprint density at radius 3 is 1.52 bits per heavy atom. The number of unbranched alkanes of at least 4 members (excludes halogenated alkanes) is 23. The smallest absolute Gasteiger partial charge is 0.220 e. The molecule has 2 rings (SSSR count). The quantitative estimate of drug-likeness (QED) is 0.0209. The fourth-order valence-corrected chi connectivity index (χ4v) is 8.75. The summed E-state index contributed by atoms with van der Waals surface area (Å²) in [6, 6.07) is -0.936. The number of hydrogen-bond acceptors (Lipinski definition) is 13. The van der Waals surface area contributed by atoms with Gasteiger partial charge >= 0.3 is 0 Å². The Hall–Kier alpha value is -2.05. The third-order valence-corrected chi connectivity index (χ3v) is 13.2. The molecule has 0 aromatic carbocycles. The lowest BCUT2D eigenvalue weighted by Gasteiger charge is -2.46. The number of hydrogen-bond donors (Lipinski definition) is 9. The van der Waals surface area contributed by atoms with Crippen molar-refractivity contribution >= 4 is 5.91 Å². The van der Waals surface area contributed by atoms with Crippen LogP contribution in [0, 0.1) is 0 Å². The average molecular weight is 982 g/mol. The molecular formula is C55H99NO13. The Bertz CT molecular complexity index is 1340. The summed E-state index contributed by atoms with van der Waals surface area (Å²) in [7, 11) is 0. The molecule has 2 heterocycles. The van der Waals surface area contributed by atoms with Gasteiger partial charge in [-0.1, -0.05) is 178 Å². The molecule has 0 aromatic rings. The highest BCUT2D eigenvalue weighted by Gasteiger charge is 2.51. The van der Waals surface area contributed by atoms with E-state index < -0.39 is 86.8 Å². The predicted molar refractivity (Wildman–Crippen MR) is 272 cm³/mol. The number of allylic oxidation sites excluding steroid dienone is 7. The lowest BCUT2D eigenvalue weighted by Crippen LogP contribution is -2.65. The van der Waals surface area contributed by atoms with E-state index in [1.54, 1.807) is 6.08 Å². The summed E-state index contributed by atoms with van der Waals surface area (Å²) in [4.78, 5) is 13.2. The maximum Gasteiger partial charge on any atom is 0.220 e. The van der Waals surface area contributed by atoms with Crippen molar-refractivity contribution in [1.29, 1.82) is 0 Å². The van der Waals surface area contributed by atoms with Crippen molar-refractivity contribution in [1.82, 2.24) is 5.32 Å². The Labute approximate surface area is 416 Å². The minimum Gasteiger partial charge on any atom is -0.394 e. The number of ether oxygens (including phenoxy) is 4. The number of carbonyl (C=O) groups is 1. The monoisotopic (exact) mass is 982 g/mol. The van der Waals surface area contributed by atoms with Crippen molar-refractivity contribution < 1.29 is 64.6 Å². The lowest BCUT2D eigenvalue weighted by molar-refractivity contribution is -0.359.